The summed E-state index contributed by atoms with van der Waals surface area (Å²) >= 11 is 0. The summed E-state index contributed by atoms with van der Waals surface area (Å²) in [6, 6.07) is 49.2. The first-order valence-corrected chi connectivity index (χ1v) is 26.1. The standard InChI is InChI=1S/C39H36N3O.C18H24NSi.Ir/c1-23(2)31-21-27(26-13-8-7-9-14-26)22-32(24(3)4)36(31)42-35-18-11-10-17-34(35)40-38(42)30-16-12-15-28-29-19-20-33(25(5)6)41-39(29)43-37(28)30;1-14(2)11-16-12-17(15-9-7-6-8-10-15)19-13-18(16)20(3,4)5;/h7-15,17-25H,1-6H3;6-9,12-14H,11H2,1-5H3;/q2*-1;. The van der Waals surface area contributed by atoms with E-state index in [-0.39, 0.29) is 31.9 Å². The van der Waals surface area contributed by atoms with Gasteiger partial charge in [0.15, 0.2) is 0 Å². The monoisotopic (exact) mass is 1040 g/mol. The van der Waals surface area contributed by atoms with Crippen molar-refractivity contribution >= 4 is 46.4 Å². The summed E-state index contributed by atoms with van der Waals surface area (Å²) in [5.41, 5.74) is 15.1. The van der Waals surface area contributed by atoms with Crippen molar-refractivity contribution in [3.63, 3.8) is 0 Å². The molecule has 4 heterocycles. The van der Waals surface area contributed by atoms with Crippen LogP contribution in [0.5, 0.6) is 0 Å². The fourth-order valence-electron chi connectivity index (χ4n) is 8.64. The molecule has 5 aromatic carbocycles. The van der Waals surface area contributed by atoms with Gasteiger partial charge in [-0.1, -0.05) is 140 Å². The van der Waals surface area contributed by atoms with Crippen molar-refractivity contribution in [3.05, 3.63) is 162 Å². The largest absolute Gasteiger partial charge is 0.486 e. The van der Waals surface area contributed by atoms with E-state index in [1.54, 1.807) is 0 Å². The molecule has 0 unspecified atom stereocenters. The number of rotatable bonds is 10. The van der Waals surface area contributed by atoms with Crippen molar-refractivity contribution in [3.8, 4) is 39.5 Å². The first kappa shape index (κ1) is 46.5. The summed E-state index contributed by atoms with van der Waals surface area (Å²) < 4.78 is 8.90. The molecule has 0 spiro atoms. The number of hydrogen-bond donors (Lipinski definition) is 0. The van der Waals surface area contributed by atoms with E-state index in [0.717, 1.165) is 62.1 Å². The molecule has 5 nitrogen and oxygen atoms in total. The zero-order chi connectivity index (χ0) is 44.6. The predicted molar refractivity (Wildman–Crippen MR) is 268 cm³/mol. The molecule has 9 aromatic rings. The summed E-state index contributed by atoms with van der Waals surface area (Å²) in [5.74, 6) is 2.38. The minimum absolute atomic E-state index is 0. The van der Waals surface area contributed by atoms with Crippen molar-refractivity contribution in [1.82, 2.24) is 19.5 Å². The molecule has 4 aromatic heterocycles. The summed E-state index contributed by atoms with van der Waals surface area (Å²) in [4.78, 5) is 14.8. The van der Waals surface area contributed by atoms with Gasteiger partial charge in [0.2, 0.25) is 5.71 Å². The average Bonchev–Trinajstić information content (AvgIpc) is 3.84. The molecule has 64 heavy (non-hydrogen) atoms. The van der Waals surface area contributed by atoms with Crippen molar-refractivity contribution in [2.45, 2.75) is 99.2 Å². The molecular formula is C57H60IrN4OSi-2. The number of pyridine rings is 2. The zero-order valence-corrected chi connectivity index (χ0v) is 42.6. The number of para-hydroxylation sites is 2. The molecule has 0 aliphatic rings. The Balaban J connectivity index is 0.000000246. The topological polar surface area (TPSA) is 56.7 Å². The van der Waals surface area contributed by atoms with Crippen molar-refractivity contribution in [1.29, 1.82) is 0 Å². The van der Waals surface area contributed by atoms with E-state index in [0.29, 0.717) is 17.5 Å². The van der Waals surface area contributed by atoms with Gasteiger partial charge >= 0.3 is 0 Å². The Hall–Kier alpha value is -5.46. The van der Waals surface area contributed by atoms with Gasteiger partial charge in [0.05, 0.1) is 30.5 Å². The van der Waals surface area contributed by atoms with Crippen LogP contribution in [0.1, 0.15) is 95.5 Å². The quantitative estimate of drug-likeness (QED) is 0.101. The molecule has 0 bridgehead atoms. The Labute approximate surface area is 394 Å². The average molecular weight is 1040 g/mol. The summed E-state index contributed by atoms with van der Waals surface area (Å²) in [5, 5.41) is 3.53. The third kappa shape index (κ3) is 9.49. The fraction of sp³-hybridized carbons (Fsp3) is 0.281. The van der Waals surface area contributed by atoms with E-state index in [9.17, 15) is 0 Å². The van der Waals surface area contributed by atoms with Crippen molar-refractivity contribution in [2.75, 3.05) is 0 Å². The molecule has 7 heteroatoms. The second-order valence-corrected chi connectivity index (χ2v) is 24.3. The number of furan rings is 1. The van der Waals surface area contributed by atoms with Crippen LogP contribution >= 0.6 is 0 Å². The van der Waals surface area contributed by atoms with E-state index >= 15 is 0 Å². The molecule has 9 rings (SSSR count). The Morgan fingerprint density at radius 3 is 1.98 bits per heavy atom. The van der Waals surface area contributed by atoms with Crippen molar-refractivity contribution < 1.29 is 24.5 Å². The predicted octanol–water partition coefficient (Wildman–Crippen LogP) is 15.1. The normalized spacial score (nSPS) is 11.9. The third-order valence-corrected chi connectivity index (χ3v) is 13.9. The first-order chi connectivity index (χ1) is 30.2. The van der Waals surface area contributed by atoms with Gasteiger partial charge in [-0.15, -0.1) is 54.1 Å². The summed E-state index contributed by atoms with van der Waals surface area (Å²) in [6.07, 6.45) is 3.24. The van der Waals surface area contributed by atoms with Gasteiger partial charge in [-0.25, -0.2) is 4.98 Å². The molecule has 0 fully saturated rings. The number of imidazole rings is 1. The smallest absolute Gasteiger partial charge is 0.216 e. The number of benzene rings is 5. The van der Waals surface area contributed by atoms with Gasteiger partial charge < -0.3 is 14.0 Å². The van der Waals surface area contributed by atoms with E-state index in [2.05, 4.69) is 200 Å². The van der Waals surface area contributed by atoms with Crippen LogP contribution in [0.15, 0.2) is 132 Å². The first-order valence-electron chi connectivity index (χ1n) is 22.6. The number of nitrogens with zero attached hydrogens (tertiary/aromatic N) is 4. The SMILES string of the molecule is CC(C)Cc1cc(-c2[c-]cccc2)ncc1[Si](C)(C)C.CC(C)c1ccc2c(n1)oc1c(-c3nc4ccccc4n3-c3c(C(C)C)cc(-c4ccccc4)cc3C(C)C)[c-]ccc12.[Ir]. The minimum Gasteiger partial charge on any atom is -0.486 e. The fourth-order valence-corrected chi connectivity index (χ4v) is 10.2. The van der Waals surface area contributed by atoms with E-state index < -0.39 is 8.07 Å². The molecule has 0 amide bonds. The van der Waals surface area contributed by atoms with Crippen molar-refractivity contribution in [2.24, 2.45) is 5.92 Å². The Bertz CT molecular complexity index is 3000. The van der Waals surface area contributed by atoms with Gasteiger partial charge in [-0.2, -0.15) is 0 Å². The molecule has 0 atom stereocenters. The maximum Gasteiger partial charge on any atom is 0.216 e. The van der Waals surface area contributed by atoms with Crippen LogP contribution in [-0.2, 0) is 26.5 Å². The van der Waals surface area contributed by atoms with Gasteiger partial charge in [0.1, 0.15) is 0 Å². The van der Waals surface area contributed by atoms with Gasteiger partial charge in [-0.05, 0) is 99.6 Å². The molecule has 0 aliphatic heterocycles. The maximum absolute atomic E-state index is 6.55. The number of hydrogen-bond acceptors (Lipinski definition) is 4. The third-order valence-electron chi connectivity index (χ3n) is 11.9. The number of fused-ring (bicyclic) bond motifs is 4. The van der Waals surface area contributed by atoms with Gasteiger partial charge in [0, 0.05) is 43.1 Å². The minimum atomic E-state index is -1.34. The van der Waals surface area contributed by atoms with E-state index in [1.807, 2.05) is 24.3 Å². The molecule has 329 valence electrons. The van der Waals surface area contributed by atoms with E-state index in [4.69, 9.17) is 14.4 Å². The second-order valence-electron chi connectivity index (χ2n) is 19.2. The van der Waals surface area contributed by atoms with Crippen LogP contribution in [0.3, 0.4) is 0 Å². The molecule has 0 saturated carbocycles. The van der Waals surface area contributed by atoms with Crippen LogP contribution in [0, 0.1) is 18.1 Å². The Morgan fingerprint density at radius 1 is 0.656 bits per heavy atom. The zero-order valence-electron chi connectivity index (χ0n) is 39.2. The summed E-state index contributed by atoms with van der Waals surface area (Å²) in [6.45, 7) is 25.2. The number of aromatic nitrogens is 4. The molecule has 0 aliphatic carbocycles. The van der Waals surface area contributed by atoms with Gasteiger partial charge in [0.25, 0.3) is 0 Å². The van der Waals surface area contributed by atoms with Crippen LogP contribution in [0.25, 0.3) is 72.6 Å². The molecule has 1 radical (unpaired) electrons. The molecule has 0 N–H and O–H groups in total. The molecular weight excluding hydrogens is 977 g/mol. The van der Waals surface area contributed by atoms with Crippen LogP contribution < -0.4 is 5.19 Å². The Kier molecular flexibility index (Phi) is 14.1. The summed E-state index contributed by atoms with van der Waals surface area (Å²) in [7, 11) is -1.34. The van der Waals surface area contributed by atoms with Crippen LogP contribution in [0.2, 0.25) is 19.6 Å². The molecule has 0 saturated heterocycles. The van der Waals surface area contributed by atoms with Gasteiger partial charge in [-0.3, -0.25) is 4.98 Å². The maximum atomic E-state index is 6.55. The Morgan fingerprint density at radius 2 is 1.34 bits per heavy atom. The second kappa shape index (κ2) is 19.3. The van der Waals surface area contributed by atoms with Crippen LogP contribution in [0.4, 0.5) is 0 Å². The van der Waals surface area contributed by atoms with E-state index in [1.165, 1.54) is 38.7 Å². The van der Waals surface area contributed by atoms with Crippen LogP contribution in [-0.4, -0.2) is 27.6 Å².